The molecule has 1 N–H and O–H groups in total. The van der Waals surface area contributed by atoms with Crippen molar-refractivity contribution in [3.05, 3.63) is 38.6 Å². The molecular weight excluding hydrogens is 380 g/mol. The summed E-state index contributed by atoms with van der Waals surface area (Å²) in [5, 5.41) is 9.43. The van der Waals surface area contributed by atoms with E-state index in [1.165, 1.54) is 12.1 Å². The predicted octanol–water partition coefficient (Wildman–Crippen LogP) is 3.39. The Hall–Kier alpha value is -1.92. The van der Waals surface area contributed by atoms with Gasteiger partial charge in [-0.3, -0.25) is 4.79 Å². The standard InChI is InChI=1S/C13H8BrF2N3O2S/c1-22-13-18-10(6(5-17)11(20)19-13)9-7(14)3-2-4-8(9)21-12(15)16/h2-4,12H,1H3,(H,18,19,20). The highest BCUT2D eigenvalue weighted by atomic mass is 79.9. The molecule has 1 aromatic carbocycles. The number of hydrogen-bond acceptors (Lipinski definition) is 5. The maximum absolute atomic E-state index is 12.6. The number of nitrogens with zero attached hydrogens (tertiary/aromatic N) is 2. The number of hydrogen-bond donors (Lipinski definition) is 1. The summed E-state index contributed by atoms with van der Waals surface area (Å²) < 4.78 is 30.0. The normalized spacial score (nSPS) is 10.5. The smallest absolute Gasteiger partial charge is 0.387 e. The number of halogens is 3. The number of rotatable bonds is 4. The number of H-pyrrole nitrogens is 1. The second-order valence-electron chi connectivity index (χ2n) is 3.90. The van der Waals surface area contributed by atoms with E-state index in [4.69, 9.17) is 5.26 Å². The molecule has 0 saturated carbocycles. The van der Waals surface area contributed by atoms with Crippen LogP contribution in [-0.4, -0.2) is 22.8 Å². The zero-order chi connectivity index (χ0) is 16.3. The van der Waals surface area contributed by atoms with Crippen molar-refractivity contribution in [3.8, 4) is 23.1 Å². The lowest BCUT2D eigenvalue weighted by Gasteiger charge is -2.13. The van der Waals surface area contributed by atoms with E-state index in [1.54, 1.807) is 18.4 Å². The van der Waals surface area contributed by atoms with Gasteiger partial charge >= 0.3 is 6.61 Å². The number of thioether (sulfide) groups is 1. The lowest BCUT2D eigenvalue weighted by molar-refractivity contribution is -0.0494. The fourth-order valence-corrected chi connectivity index (χ4v) is 2.68. The van der Waals surface area contributed by atoms with Crippen LogP contribution < -0.4 is 10.3 Å². The average molecular weight is 388 g/mol. The average Bonchev–Trinajstić information content (AvgIpc) is 2.46. The van der Waals surface area contributed by atoms with E-state index in [-0.39, 0.29) is 27.7 Å². The van der Waals surface area contributed by atoms with Crippen molar-refractivity contribution >= 4 is 27.7 Å². The first-order valence-corrected chi connectivity index (χ1v) is 7.81. The Labute approximate surface area is 136 Å². The Morgan fingerprint density at radius 3 is 2.82 bits per heavy atom. The third-order valence-corrected chi connectivity index (χ3v) is 3.87. The van der Waals surface area contributed by atoms with Crippen molar-refractivity contribution in [3.63, 3.8) is 0 Å². The molecule has 9 heteroatoms. The van der Waals surface area contributed by atoms with Crippen molar-refractivity contribution in [2.75, 3.05) is 6.26 Å². The molecule has 0 radical (unpaired) electrons. The van der Waals surface area contributed by atoms with Gasteiger partial charge in [0.05, 0.1) is 5.56 Å². The van der Waals surface area contributed by atoms with E-state index < -0.39 is 12.2 Å². The van der Waals surface area contributed by atoms with Crippen LogP contribution in [0.5, 0.6) is 5.75 Å². The van der Waals surface area contributed by atoms with Crippen LogP contribution >= 0.6 is 27.7 Å². The molecule has 1 aromatic heterocycles. The number of aromatic nitrogens is 2. The molecule has 0 aliphatic heterocycles. The van der Waals surface area contributed by atoms with Gasteiger partial charge in [0.15, 0.2) is 5.16 Å². The number of ether oxygens (including phenoxy) is 1. The molecule has 22 heavy (non-hydrogen) atoms. The van der Waals surface area contributed by atoms with Crippen LogP contribution in [0.1, 0.15) is 5.56 Å². The summed E-state index contributed by atoms with van der Waals surface area (Å²) in [4.78, 5) is 18.5. The quantitative estimate of drug-likeness (QED) is 0.642. The minimum atomic E-state index is -3.04. The molecule has 2 rings (SSSR count). The fourth-order valence-electron chi connectivity index (χ4n) is 1.76. The summed E-state index contributed by atoms with van der Waals surface area (Å²) >= 11 is 4.37. The van der Waals surface area contributed by atoms with E-state index in [0.29, 0.717) is 4.47 Å². The Morgan fingerprint density at radius 1 is 1.50 bits per heavy atom. The van der Waals surface area contributed by atoms with Crippen LogP contribution in [0.25, 0.3) is 11.3 Å². The molecule has 0 atom stereocenters. The Balaban J connectivity index is 2.79. The van der Waals surface area contributed by atoms with E-state index in [1.807, 2.05) is 0 Å². The van der Waals surface area contributed by atoms with Gasteiger partial charge in [-0.2, -0.15) is 14.0 Å². The van der Waals surface area contributed by atoms with Gasteiger partial charge in [-0.25, -0.2) is 4.98 Å². The molecule has 0 spiro atoms. The molecule has 0 bridgehead atoms. The van der Waals surface area contributed by atoms with Gasteiger partial charge in [0.25, 0.3) is 5.56 Å². The van der Waals surface area contributed by atoms with Gasteiger partial charge in [0.1, 0.15) is 23.1 Å². The monoisotopic (exact) mass is 387 g/mol. The molecule has 1 heterocycles. The fraction of sp³-hybridized carbons (Fsp3) is 0.154. The summed E-state index contributed by atoms with van der Waals surface area (Å²) in [5.74, 6) is -0.175. The number of nitrogens with one attached hydrogen (secondary N) is 1. The molecule has 114 valence electrons. The zero-order valence-electron chi connectivity index (χ0n) is 11.1. The van der Waals surface area contributed by atoms with E-state index in [9.17, 15) is 13.6 Å². The highest BCUT2D eigenvalue weighted by Gasteiger charge is 2.21. The number of aromatic amines is 1. The Kier molecular flexibility index (Phi) is 5.15. The highest BCUT2D eigenvalue weighted by molar-refractivity contribution is 9.10. The van der Waals surface area contributed by atoms with Crippen molar-refractivity contribution in [1.82, 2.24) is 9.97 Å². The van der Waals surface area contributed by atoms with Gasteiger partial charge in [-0.1, -0.05) is 17.8 Å². The van der Waals surface area contributed by atoms with Gasteiger partial charge in [-0.05, 0) is 34.3 Å². The molecule has 0 aliphatic carbocycles. The van der Waals surface area contributed by atoms with Crippen LogP contribution in [-0.2, 0) is 0 Å². The maximum atomic E-state index is 12.6. The largest absolute Gasteiger partial charge is 0.434 e. The summed E-state index contributed by atoms with van der Waals surface area (Å²) in [5.41, 5.74) is -0.807. The SMILES string of the molecule is CSc1nc(-c2c(Br)cccc2OC(F)F)c(C#N)c(=O)[nH]1. The molecule has 0 fully saturated rings. The topological polar surface area (TPSA) is 78.8 Å². The predicted molar refractivity (Wildman–Crippen MR) is 81.1 cm³/mol. The lowest BCUT2D eigenvalue weighted by Crippen LogP contribution is -2.15. The first-order valence-electron chi connectivity index (χ1n) is 5.80. The minimum absolute atomic E-state index is 0.0151. The third kappa shape index (κ3) is 3.28. The molecule has 5 nitrogen and oxygen atoms in total. The van der Waals surface area contributed by atoms with Crippen LogP contribution in [0.4, 0.5) is 8.78 Å². The minimum Gasteiger partial charge on any atom is -0.434 e. The van der Waals surface area contributed by atoms with Crippen molar-refractivity contribution in [2.45, 2.75) is 11.8 Å². The molecule has 0 amide bonds. The molecule has 0 unspecified atom stereocenters. The van der Waals surface area contributed by atoms with Crippen LogP contribution in [0.3, 0.4) is 0 Å². The summed E-state index contributed by atoms with van der Waals surface area (Å²) in [7, 11) is 0. The van der Waals surface area contributed by atoms with Gasteiger partial charge < -0.3 is 9.72 Å². The summed E-state index contributed by atoms with van der Waals surface area (Å²) in [6.45, 7) is -3.04. The first kappa shape index (κ1) is 16.5. The number of benzene rings is 1. The summed E-state index contributed by atoms with van der Waals surface area (Å²) in [6.07, 6.45) is 1.69. The molecule has 2 aromatic rings. The lowest BCUT2D eigenvalue weighted by atomic mass is 10.1. The second-order valence-corrected chi connectivity index (χ2v) is 5.55. The number of alkyl halides is 2. The van der Waals surface area contributed by atoms with E-state index in [2.05, 4.69) is 30.6 Å². The second kappa shape index (κ2) is 6.89. The Bertz CT molecular complexity index is 805. The van der Waals surface area contributed by atoms with Crippen molar-refractivity contribution in [1.29, 1.82) is 5.26 Å². The third-order valence-electron chi connectivity index (χ3n) is 2.63. The van der Waals surface area contributed by atoms with Gasteiger partial charge in [0, 0.05) is 4.47 Å². The van der Waals surface area contributed by atoms with E-state index in [0.717, 1.165) is 11.8 Å². The molecule has 0 saturated heterocycles. The summed E-state index contributed by atoms with van der Waals surface area (Å²) in [6, 6.07) is 6.14. The Morgan fingerprint density at radius 2 is 2.23 bits per heavy atom. The first-order chi connectivity index (χ1) is 10.5. The number of nitriles is 1. The molecule has 0 aliphatic rings. The van der Waals surface area contributed by atoms with Gasteiger partial charge in [0.2, 0.25) is 0 Å². The van der Waals surface area contributed by atoms with Crippen LogP contribution in [0, 0.1) is 11.3 Å². The van der Waals surface area contributed by atoms with Crippen molar-refractivity contribution in [2.24, 2.45) is 0 Å². The van der Waals surface area contributed by atoms with E-state index >= 15 is 0 Å². The van der Waals surface area contributed by atoms with Crippen LogP contribution in [0.2, 0.25) is 0 Å². The highest BCUT2D eigenvalue weighted by Crippen LogP contribution is 2.37. The van der Waals surface area contributed by atoms with Gasteiger partial charge in [-0.15, -0.1) is 0 Å². The zero-order valence-corrected chi connectivity index (χ0v) is 13.5. The maximum Gasteiger partial charge on any atom is 0.387 e. The van der Waals surface area contributed by atoms with Crippen LogP contribution in [0.15, 0.2) is 32.6 Å². The van der Waals surface area contributed by atoms with Crippen molar-refractivity contribution < 1.29 is 13.5 Å². The molecular formula is C13H8BrF2N3O2S.